The number of halogens is 6. The molecule has 0 unspecified atom stereocenters. The molecule has 2 amide bonds. The highest BCUT2D eigenvalue weighted by molar-refractivity contribution is 5.96. The maximum atomic E-state index is 13.2. The van der Waals surface area contributed by atoms with Crippen LogP contribution in [0.5, 0.6) is 0 Å². The lowest BCUT2D eigenvalue weighted by Crippen LogP contribution is -2.53. The van der Waals surface area contributed by atoms with Gasteiger partial charge in [-0.2, -0.15) is 26.3 Å². The molecule has 0 saturated carbocycles. The number of alkyl halides is 6. The molecule has 2 aromatic carbocycles. The molecule has 0 bridgehead atoms. The molecule has 12 heteroatoms. The Balaban J connectivity index is 2.11. The van der Waals surface area contributed by atoms with Crippen LogP contribution in [0.25, 0.3) is 22.4 Å². The largest absolute Gasteiger partial charge is 0.430 e. The molecule has 3 N–H and O–H groups in total. The van der Waals surface area contributed by atoms with E-state index in [0.717, 1.165) is 12.1 Å². The first-order valence-electron chi connectivity index (χ1n) is 9.85. The summed E-state index contributed by atoms with van der Waals surface area (Å²) in [6.07, 6.45) is -12.0. The Hall–Kier alpha value is -3.54. The molecule has 1 heterocycles. The number of carbonyl (C=O) groups excluding carboxylic acids is 1. The van der Waals surface area contributed by atoms with Crippen LogP contribution in [-0.2, 0) is 5.60 Å². The van der Waals surface area contributed by atoms with Crippen molar-refractivity contribution in [3.05, 3.63) is 60.2 Å². The predicted molar refractivity (Wildman–Crippen MR) is 111 cm³/mol. The van der Waals surface area contributed by atoms with Gasteiger partial charge < -0.3 is 14.9 Å². The molecule has 3 aromatic rings. The molecule has 0 aliphatic heterocycles. The summed E-state index contributed by atoms with van der Waals surface area (Å²) in [6.45, 7) is 3.41. The Morgan fingerprint density at radius 1 is 0.912 bits per heavy atom. The molecule has 0 atom stereocenters. The van der Waals surface area contributed by atoms with Crippen molar-refractivity contribution in [2.75, 3.05) is 5.32 Å². The summed E-state index contributed by atoms with van der Waals surface area (Å²) in [6, 6.07) is 10.4. The lowest BCUT2D eigenvalue weighted by Gasteiger charge is -2.32. The standard InChI is InChI=1S/C22H19F6N3O3/c1-12(2)29-19(32)30-18-16(17(31-34-18)14-6-4-3-5-7-14)13-8-10-15(11-9-13)20(33,21(23,24)25)22(26,27)28/h3-12,33H,1-2H3,(H2,29,30,32). The molecule has 182 valence electrons. The normalized spacial score (nSPS) is 12.6. The molecule has 0 spiro atoms. The Labute approximate surface area is 189 Å². The SMILES string of the molecule is CC(C)NC(=O)Nc1onc(-c2ccccc2)c1-c1ccc(C(O)(C(F)(F)F)C(F)(F)F)cc1. The minimum Gasteiger partial charge on any atom is -0.369 e. The number of nitrogens with one attached hydrogen (secondary N) is 2. The lowest BCUT2D eigenvalue weighted by molar-refractivity contribution is -0.376. The minimum absolute atomic E-state index is 0.0930. The van der Waals surface area contributed by atoms with Gasteiger partial charge in [-0.15, -0.1) is 0 Å². The Morgan fingerprint density at radius 2 is 1.47 bits per heavy atom. The summed E-state index contributed by atoms with van der Waals surface area (Å²) in [5.41, 5.74) is -5.55. The van der Waals surface area contributed by atoms with Gasteiger partial charge in [0.25, 0.3) is 5.60 Å². The minimum atomic E-state index is -6.01. The summed E-state index contributed by atoms with van der Waals surface area (Å²) in [5, 5.41) is 18.5. The summed E-state index contributed by atoms with van der Waals surface area (Å²) >= 11 is 0. The Bertz CT molecular complexity index is 1130. The van der Waals surface area contributed by atoms with Crippen molar-refractivity contribution >= 4 is 11.9 Å². The van der Waals surface area contributed by atoms with Gasteiger partial charge in [0.2, 0.25) is 5.88 Å². The zero-order valence-electron chi connectivity index (χ0n) is 17.8. The van der Waals surface area contributed by atoms with Crippen molar-refractivity contribution in [2.45, 2.75) is 37.8 Å². The van der Waals surface area contributed by atoms with Crippen molar-refractivity contribution in [1.29, 1.82) is 0 Å². The number of rotatable bonds is 5. The van der Waals surface area contributed by atoms with E-state index in [1.54, 1.807) is 44.2 Å². The first kappa shape index (κ1) is 25.1. The molecule has 0 radical (unpaired) electrons. The number of hydrogen-bond donors (Lipinski definition) is 3. The molecular formula is C22H19F6N3O3. The van der Waals surface area contributed by atoms with Crippen LogP contribution in [0, 0.1) is 0 Å². The molecule has 6 nitrogen and oxygen atoms in total. The number of amides is 2. The van der Waals surface area contributed by atoms with Crippen molar-refractivity contribution in [3.8, 4) is 22.4 Å². The second-order valence-electron chi connectivity index (χ2n) is 7.64. The average molecular weight is 487 g/mol. The van der Waals surface area contributed by atoms with Crippen LogP contribution >= 0.6 is 0 Å². The molecular weight excluding hydrogens is 468 g/mol. The summed E-state index contributed by atoms with van der Waals surface area (Å²) in [4.78, 5) is 12.2. The maximum Gasteiger partial charge on any atom is 0.430 e. The fourth-order valence-corrected chi connectivity index (χ4v) is 3.20. The quantitative estimate of drug-likeness (QED) is 0.394. The Kier molecular flexibility index (Phi) is 6.65. The van der Waals surface area contributed by atoms with Crippen molar-refractivity contribution in [2.24, 2.45) is 0 Å². The van der Waals surface area contributed by atoms with Crippen molar-refractivity contribution in [3.63, 3.8) is 0 Å². The van der Waals surface area contributed by atoms with Gasteiger partial charge in [-0.25, -0.2) is 4.79 Å². The van der Waals surface area contributed by atoms with E-state index in [4.69, 9.17) is 4.52 Å². The van der Waals surface area contributed by atoms with Gasteiger partial charge in [0.1, 0.15) is 5.69 Å². The zero-order chi connectivity index (χ0) is 25.3. The van der Waals surface area contributed by atoms with Crippen LogP contribution in [0.15, 0.2) is 59.1 Å². The van der Waals surface area contributed by atoms with Crippen LogP contribution in [-0.4, -0.2) is 34.7 Å². The fourth-order valence-electron chi connectivity index (χ4n) is 3.20. The van der Waals surface area contributed by atoms with Crippen LogP contribution in [0.1, 0.15) is 19.4 Å². The number of aromatic nitrogens is 1. The van der Waals surface area contributed by atoms with Crippen LogP contribution in [0.2, 0.25) is 0 Å². The monoisotopic (exact) mass is 487 g/mol. The van der Waals surface area contributed by atoms with E-state index in [1.807, 2.05) is 0 Å². The topological polar surface area (TPSA) is 87.4 Å². The molecule has 0 fully saturated rings. The number of hydrogen-bond acceptors (Lipinski definition) is 4. The highest BCUT2D eigenvalue weighted by Gasteiger charge is 2.71. The van der Waals surface area contributed by atoms with Gasteiger partial charge in [0, 0.05) is 17.2 Å². The predicted octanol–water partition coefficient (Wildman–Crippen LogP) is 5.85. The number of benzene rings is 2. The van der Waals surface area contributed by atoms with Gasteiger partial charge in [-0.1, -0.05) is 59.8 Å². The zero-order valence-corrected chi connectivity index (χ0v) is 17.8. The number of carbonyl (C=O) groups is 1. The number of nitrogens with zero attached hydrogens (tertiary/aromatic N) is 1. The number of urea groups is 1. The van der Waals surface area contributed by atoms with E-state index in [9.17, 15) is 36.2 Å². The average Bonchev–Trinajstić information content (AvgIpc) is 3.15. The lowest BCUT2D eigenvalue weighted by atomic mass is 9.90. The van der Waals surface area contributed by atoms with E-state index in [-0.39, 0.29) is 28.7 Å². The molecule has 0 saturated heterocycles. The second-order valence-corrected chi connectivity index (χ2v) is 7.64. The molecule has 34 heavy (non-hydrogen) atoms. The third-order valence-electron chi connectivity index (χ3n) is 4.80. The summed E-state index contributed by atoms with van der Waals surface area (Å²) < 4.78 is 84.5. The van der Waals surface area contributed by atoms with Gasteiger partial charge in [0.05, 0.1) is 5.56 Å². The maximum absolute atomic E-state index is 13.2. The summed E-state index contributed by atoms with van der Waals surface area (Å²) in [5.74, 6) is -0.174. The van der Waals surface area contributed by atoms with Gasteiger partial charge >= 0.3 is 18.4 Å². The molecule has 3 rings (SSSR count). The smallest absolute Gasteiger partial charge is 0.369 e. The third-order valence-corrected chi connectivity index (χ3v) is 4.80. The molecule has 0 aliphatic rings. The van der Waals surface area contributed by atoms with Crippen LogP contribution in [0.3, 0.4) is 0 Å². The first-order valence-corrected chi connectivity index (χ1v) is 9.85. The van der Waals surface area contributed by atoms with Crippen molar-refractivity contribution in [1.82, 2.24) is 10.5 Å². The second kappa shape index (κ2) is 9.01. The van der Waals surface area contributed by atoms with E-state index in [1.165, 1.54) is 0 Å². The van der Waals surface area contributed by atoms with Crippen molar-refractivity contribution < 1.29 is 40.8 Å². The van der Waals surface area contributed by atoms with Crippen LogP contribution < -0.4 is 10.6 Å². The highest BCUT2D eigenvalue weighted by atomic mass is 19.4. The first-order chi connectivity index (χ1) is 15.8. The van der Waals surface area contributed by atoms with Crippen LogP contribution in [0.4, 0.5) is 37.0 Å². The summed E-state index contributed by atoms with van der Waals surface area (Å²) in [7, 11) is 0. The highest BCUT2D eigenvalue weighted by Crippen LogP contribution is 2.50. The molecule has 1 aromatic heterocycles. The van der Waals surface area contributed by atoms with E-state index in [2.05, 4.69) is 15.8 Å². The third kappa shape index (κ3) is 4.72. The van der Waals surface area contributed by atoms with Gasteiger partial charge in [-0.3, -0.25) is 5.32 Å². The van der Waals surface area contributed by atoms with Gasteiger partial charge in [0.15, 0.2) is 0 Å². The number of aliphatic hydroxyl groups is 1. The number of anilines is 1. The van der Waals surface area contributed by atoms with E-state index < -0.39 is 29.5 Å². The fraction of sp³-hybridized carbons (Fsp3) is 0.273. The van der Waals surface area contributed by atoms with E-state index >= 15 is 0 Å². The van der Waals surface area contributed by atoms with Gasteiger partial charge in [-0.05, 0) is 19.4 Å². The molecule has 0 aliphatic carbocycles. The van der Waals surface area contributed by atoms with E-state index in [0.29, 0.717) is 17.7 Å². The Morgan fingerprint density at radius 3 is 1.97 bits per heavy atom.